The van der Waals surface area contributed by atoms with Gasteiger partial charge >= 0.3 is 10.4 Å². The van der Waals surface area contributed by atoms with E-state index in [1.54, 1.807) is 0 Å². The lowest BCUT2D eigenvalue weighted by atomic mass is 10.2. The summed E-state index contributed by atoms with van der Waals surface area (Å²) in [6, 6.07) is 0. The average molecular weight is 274 g/mol. The van der Waals surface area contributed by atoms with Crippen LogP contribution in [0.3, 0.4) is 0 Å². The van der Waals surface area contributed by atoms with Crippen molar-refractivity contribution in [2.24, 2.45) is 0 Å². The maximum atomic E-state index is 13.4. The van der Waals surface area contributed by atoms with Gasteiger partial charge in [-0.25, -0.2) is 0 Å². The third-order valence-corrected chi connectivity index (χ3v) is 3.76. The van der Waals surface area contributed by atoms with Crippen LogP contribution in [0.1, 0.15) is 11.1 Å². The Bertz CT molecular complexity index is 486. The number of nitrogens with zero attached hydrogens (tertiary/aromatic N) is 1. The normalized spacial score (nSPS) is 12.1. The molecule has 1 heterocycles. The SMILES string of the molecule is Cc1c(CNP)c(P)n(S(=O)(=O)F)c1F. The fraction of sp³-hybridized carbons (Fsp3) is 0.333. The molecule has 0 amide bonds. The van der Waals surface area contributed by atoms with E-state index in [1.807, 2.05) is 9.24 Å². The first-order valence-corrected chi connectivity index (χ1v) is 6.34. The molecule has 0 spiro atoms. The van der Waals surface area contributed by atoms with Crippen molar-refractivity contribution in [2.45, 2.75) is 13.5 Å². The molecule has 0 fully saturated rings. The smallest absolute Gasteiger partial charge is 0.296 e. The summed E-state index contributed by atoms with van der Waals surface area (Å²) >= 11 is 0. The van der Waals surface area contributed by atoms with Gasteiger partial charge in [-0.3, -0.25) is 5.09 Å². The molecule has 1 aromatic rings. The maximum absolute atomic E-state index is 13.4. The van der Waals surface area contributed by atoms with Crippen LogP contribution in [0, 0.1) is 12.9 Å². The Morgan fingerprint density at radius 1 is 1.53 bits per heavy atom. The number of halogens is 2. The second-order valence-electron chi connectivity index (χ2n) is 2.87. The minimum atomic E-state index is -5.10. The van der Waals surface area contributed by atoms with E-state index in [0.717, 1.165) is 0 Å². The fourth-order valence-electron chi connectivity index (χ4n) is 1.24. The van der Waals surface area contributed by atoms with E-state index in [2.05, 4.69) is 14.5 Å². The third kappa shape index (κ3) is 2.36. The Labute approximate surface area is 91.2 Å². The van der Waals surface area contributed by atoms with Crippen molar-refractivity contribution in [2.75, 3.05) is 0 Å². The molecule has 0 saturated carbocycles. The molecule has 86 valence electrons. The standard InChI is InChI=1S/C6H10F2N2O2P2S/c1-3-4(2-9-14)6(13)10(5(3)7)15(8,11)12/h9H,2,13-14H2,1H3. The van der Waals surface area contributed by atoms with E-state index in [1.165, 1.54) is 6.92 Å². The molecule has 0 radical (unpaired) electrons. The summed E-state index contributed by atoms with van der Waals surface area (Å²) in [5.74, 6) is -1.10. The highest BCUT2D eigenvalue weighted by Crippen LogP contribution is 2.18. The molecular weight excluding hydrogens is 264 g/mol. The molecule has 0 aliphatic heterocycles. The number of nitrogens with one attached hydrogen (secondary N) is 1. The molecule has 0 bridgehead atoms. The molecule has 9 heteroatoms. The minimum absolute atomic E-state index is 0.0321. The molecule has 1 N–H and O–H groups in total. The van der Waals surface area contributed by atoms with Gasteiger partial charge in [-0.15, -0.1) is 0 Å². The van der Waals surface area contributed by atoms with E-state index in [9.17, 15) is 16.7 Å². The van der Waals surface area contributed by atoms with Crippen molar-refractivity contribution in [3.63, 3.8) is 0 Å². The number of hydrogen-bond donors (Lipinski definition) is 1. The molecule has 0 aromatic carbocycles. The highest BCUT2D eigenvalue weighted by atomic mass is 32.3. The molecule has 2 unspecified atom stereocenters. The second-order valence-corrected chi connectivity index (χ2v) is 5.01. The van der Waals surface area contributed by atoms with E-state index in [4.69, 9.17) is 0 Å². The molecule has 2 atom stereocenters. The predicted octanol–water partition coefficient (Wildman–Crippen LogP) is 0.378. The first-order valence-electron chi connectivity index (χ1n) is 3.84. The van der Waals surface area contributed by atoms with Gasteiger partial charge in [-0.2, -0.15) is 16.8 Å². The Kier molecular flexibility index (Phi) is 3.82. The largest absolute Gasteiger partial charge is 0.405 e. The summed E-state index contributed by atoms with van der Waals surface area (Å²) in [4.78, 5) is 0. The Morgan fingerprint density at radius 3 is 2.40 bits per heavy atom. The number of hydrogen-bond acceptors (Lipinski definition) is 3. The van der Waals surface area contributed by atoms with Gasteiger partial charge in [0.1, 0.15) is 0 Å². The zero-order valence-corrected chi connectivity index (χ0v) is 10.9. The predicted molar refractivity (Wildman–Crippen MR) is 60.4 cm³/mol. The van der Waals surface area contributed by atoms with E-state index in [-0.39, 0.29) is 21.5 Å². The lowest BCUT2D eigenvalue weighted by molar-refractivity contribution is 0.510. The van der Waals surface area contributed by atoms with Gasteiger partial charge < -0.3 is 0 Å². The summed E-state index contributed by atoms with van der Waals surface area (Å²) in [6.45, 7) is 1.62. The Balaban J connectivity index is 3.50. The monoisotopic (exact) mass is 274 g/mol. The van der Waals surface area contributed by atoms with Crippen LogP contribution in [0.2, 0.25) is 0 Å². The lowest BCUT2D eigenvalue weighted by Crippen LogP contribution is -2.20. The van der Waals surface area contributed by atoms with Crippen molar-refractivity contribution in [3.05, 3.63) is 17.1 Å². The lowest BCUT2D eigenvalue weighted by Gasteiger charge is -2.01. The fourth-order valence-corrected chi connectivity index (χ4v) is 2.92. The van der Waals surface area contributed by atoms with Crippen LogP contribution in [0.15, 0.2) is 0 Å². The number of aromatic nitrogens is 1. The Hall–Kier alpha value is -0.0900. The summed E-state index contributed by atoms with van der Waals surface area (Å²) in [5, 5.41) is 2.66. The molecule has 1 aromatic heterocycles. The van der Waals surface area contributed by atoms with Crippen LogP contribution < -0.4 is 10.5 Å². The minimum Gasteiger partial charge on any atom is -0.296 e. The van der Waals surface area contributed by atoms with Crippen LogP contribution in [-0.2, 0) is 17.0 Å². The topological polar surface area (TPSA) is 51.1 Å². The van der Waals surface area contributed by atoms with E-state index in [0.29, 0.717) is 5.56 Å². The highest BCUT2D eigenvalue weighted by molar-refractivity contribution is 7.85. The van der Waals surface area contributed by atoms with Crippen molar-refractivity contribution in [1.82, 2.24) is 9.06 Å². The zero-order chi connectivity index (χ0) is 11.8. The molecule has 0 saturated heterocycles. The van der Waals surface area contributed by atoms with Gasteiger partial charge in [0.15, 0.2) is 0 Å². The average Bonchev–Trinajstić information content (AvgIpc) is 2.29. The quantitative estimate of drug-likeness (QED) is 0.640. The number of rotatable bonds is 3. The molecular formula is C6H10F2N2O2P2S. The van der Waals surface area contributed by atoms with E-state index >= 15 is 0 Å². The highest BCUT2D eigenvalue weighted by Gasteiger charge is 2.25. The first kappa shape index (κ1) is 13.0. The van der Waals surface area contributed by atoms with Crippen LogP contribution in [-0.4, -0.2) is 12.4 Å². The molecule has 4 nitrogen and oxygen atoms in total. The van der Waals surface area contributed by atoms with Crippen LogP contribution >= 0.6 is 18.6 Å². The van der Waals surface area contributed by atoms with Gasteiger partial charge in [0.25, 0.3) is 0 Å². The van der Waals surface area contributed by atoms with Crippen LogP contribution in [0.4, 0.5) is 8.28 Å². The summed E-state index contributed by atoms with van der Waals surface area (Å²) in [6.07, 6.45) is 0. The van der Waals surface area contributed by atoms with Crippen molar-refractivity contribution in [1.29, 1.82) is 0 Å². The van der Waals surface area contributed by atoms with Crippen LogP contribution in [0.25, 0.3) is 0 Å². The van der Waals surface area contributed by atoms with Crippen molar-refractivity contribution >= 4 is 34.5 Å². The van der Waals surface area contributed by atoms with Crippen LogP contribution in [0.5, 0.6) is 0 Å². The molecule has 0 aliphatic rings. The summed E-state index contributed by atoms with van der Waals surface area (Å²) in [5.41, 5.74) is 0.465. The van der Waals surface area contributed by atoms with Gasteiger partial charge in [0.05, 0.1) is 5.44 Å². The second kappa shape index (κ2) is 4.42. The van der Waals surface area contributed by atoms with Crippen molar-refractivity contribution < 1.29 is 16.7 Å². The maximum Gasteiger partial charge on any atom is 0.405 e. The zero-order valence-electron chi connectivity index (χ0n) is 7.79. The summed E-state index contributed by atoms with van der Waals surface area (Å²) < 4.78 is 47.5. The molecule has 15 heavy (non-hydrogen) atoms. The van der Waals surface area contributed by atoms with Gasteiger partial charge in [0, 0.05) is 12.1 Å². The van der Waals surface area contributed by atoms with Crippen molar-refractivity contribution in [3.8, 4) is 0 Å². The third-order valence-electron chi connectivity index (χ3n) is 1.97. The molecule has 0 aliphatic carbocycles. The van der Waals surface area contributed by atoms with Gasteiger partial charge in [-0.05, 0) is 12.5 Å². The first-order chi connectivity index (χ1) is 6.80. The van der Waals surface area contributed by atoms with E-state index < -0.39 is 16.4 Å². The summed E-state index contributed by atoms with van der Waals surface area (Å²) in [7, 11) is -0.888. The van der Waals surface area contributed by atoms with Gasteiger partial charge in [-0.1, -0.05) is 22.5 Å². The van der Waals surface area contributed by atoms with Gasteiger partial charge in [0.2, 0.25) is 5.95 Å². The Morgan fingerprint density at radius 2 is 2.07 bits per heavy atom. The molecule has 1 rings (SSSR count).